The molecule has 1 aliphatic rings. The Labute approximate surface area is 173 Å². The first kappa shape index (κ1) is 23.3. The molecule has 0 amide bonds. The molecule has 0 fully saturated rings. The largest absolute Gasteiger partial charge is 0.869 e. The number of carbonyl (C=O) groups excluding carboxylic acids is 2. The molecular formula is C20H20Cl2N2O4. The van der Waals surface area contributed by atoms with E-state index in [4.69, 9.17) is 23.2 Å². The smallest absolute Gasteiger partial charge is 0.190 e. The average molecular weight is 423 g/mol. The van der Waals surface area contributed by atoms with Crippen LogP contribution in [0.2, 0.25) is 0 Å². The van der Waals surface area contributed by atoms with Gasteiger partial charge in [0, 0.05) is 38.1 Å². The lowest BCUT2D eigenvalue weighted by Gasteiger charge is -2.23. The standard InChI is InChI=1S/2C7H9N.C6H2Cl2O4/c2*1-6-3-4-8-7(2)5-6;7-1-3(9)5(11)2(8)6(12)4(1)10/h2*3-5H,1-2H3;9,12H. The van der Waals surface area contributed by atoms with Gasteiger partial charge < -0.3 is 10.2 Å². The lowest BCUT2D eigenvalue weighted by molar-refractivity contribution is -0.388. The highest BCUT2D eigenvalue weighted by molar-refractivity contribution is 6.55. The summed E-state index contributed by atoms with van der Waals surface area (Å²) in [5.41, 5.74) is 5.04. The summed E-state index contributed by atoms with van der Waals surface area (Å²) < 4.78 is 0. The van der Waals surface area contributed by atoms with Crippen molar-refractivity contribution in [1.29, 1.82) is 0 Å². The maximum atomic E-state index is 10.7. The van der Waals surface area contributed by atoms with Crippen LogP contribution in [0, 0.1) is 27.7 Å². The molecule has 0 atom stereocenters. The van der Waals surface area contributed by atoms with Crippen LogP contribution in [0.4, 0.5) is 0 Å². The first-order valence-corrected chi connectivity index (χ1v) is 8.93. The van der Waals surface area contributed by atoms with Crippen molar-refractivity contribution in [2.24, 2.45) is 0 Å². The molecule has 1 aliphatic carbocycles. The SMILES string of the molecule is Cc1cc[nH+]c(C)c1.Cc1cc[nH+]c(C)c1.O=C1C([O-])=C(Cl)C(=O)C([O-])=C1Cl. The molecule has 8 heteroatoms. The van der Waals surface area contributed by atoms with Gasteiger partial charge in [0.05, 0.1) is 10.1 Å². The van der Waals surface area contributed by atoms with Crippen molar-refractivity contribution in [2.75, 3.05) is 0 Å². The summed E-state index contributed by atoms with van der Waals surface area (Å²) in [6.45, 7) is 8.27. The van der Waals surface area contributed by atoms with Crippen LogP contribution in [0.3, 0.4) is 0 Å². The maximum absolute atomic E-state index is 10.7. The number of allylic oxidation sites excluding steroid dienone is 2. The van der Waals surface area contributed by atoms with E-state index in [-0.39, 0.29) is 0 Å². The molecule has 0 unspecified atom stereocenters. The Kier molecular flexibility index (Phi) is 8.82. The number of Topliss-reactive ketones (excluding diaryl/α,β-unsaturated/α-hetero) is 2. The molecule has 2 heterocycles. The van der Waals surface area contributed by atoms with Gasteiger partial charge in [-0.3, -0.25) is 9.59 Å². The van der Waals surface area contributed by atoms with Crippen molar-refractivity contribution in [3.05, 3.63) is 80.8 Å². The number of H-pyrrole nitrogens is 2. The van der Waals surface area contributed by atoms with Crippen LogP contribution in [0.5, 0.6) is 0 Å². The third kappa shape index (κ3) is 6.79. The van der Waals surface area contributed by atoms with Crippen LogP contribution >= 0.6 is 23.2 Å². The van der Waals surface area contributed by atoms with E-state index in [0.717, 1.165) is 0 Å². The minimum absolute atomic E-state index is 0.894. The van der Waals surface area contributed by atoms with E-state index in [2.05, 4.69) is 35.9 Å². The summed E-state index contributed by atoms with van der Waals surface area (Å²) in [4.78, 5) is 27.5. The molecule has 28 heavy (non-hydrogen) atoms. The number of aromatic amines is 2. The highest BCUT2D eigenvalue weighted by Crippen LogP contribution is 2.23. The fraction of sp³-hybridized carbons (Fsp3) is 0.200. The van der Waals surface area contributed by atoms with Gasteiger partial charge in [-0.2, -0.15) is 0 Å². The lowest BCUT2D eigenvalue weighted by Crippen LogP contribution is -2.31. The van der Waals surface area contributed by atoms with Gasteiger partial charge in [0.15, 0.2) is 35.3 Å². The van der Waals surface area contributed by atoms with Gasteiger partial charge in [-0.15, -0.1) is 0 Å². The Morgan fingerprint density at radius 3 is 1.25 bits per heavy atom. The molecule has 2 aromatic rings. The Morgan fingerprint density at radius 1 is 0.714 bits per heavy atom. The molecule has 2 aromatic heterocycles. The Bertz CT molecular complexity index is 813. The third-order valence-electron chi connectivity index (χ3n) is 3.41. The Hall–Kier alpha value is -2.70. The predicted octanol–water partition coefficient (Wildman–Crippen LogP) is 0.995. The van der Waals surface area contributed by atoms with Crippen LogP contribution in [-0.2, 0) is 9.59 Å². The Morgan fingerprint density at radius 2 is 1.04 bits per heavy atom. The van der Waals surface area contributed by atoms with Crippen molar-refractivity contribution in [2.45, 2.75) is 27.7 Å². The quantitative estimate of drug-likeness (QED) is 0.589. The van der Waals surface area contributed by atoms with E-state index >= 15 is 0 Å². The van der Waals surface area contributed by atoms with E-state index in [1.807, 2.05) is 38.4 Å². The molecule has 2 N–H and O–H groups in total. The molecule has 0 saturated carbocycles. The number of halogens is 2. The van der Waals surface area contributed by atoms with Crippen LogP contribution in [0.15, 0.2) is 58.2 Å². The summed E-state index contributed by atoms with van der Waals surface area (Å²) in [6.07, 6.45) is 3.90. The van der Waals surface area contributed by atoms with Gasteiger partial charge in [-0.25, -0.2) is 9.97 Å². The van der Waals surface area contributed by atoms with Crippen molar-refractivity contribution in [3.63, 3.8) is 0 Å². The van der Waals surface area contributed by atoms with Gasteiger partial charge in [0.1, 0.15) is 0 Å². The molecule has 3 rings (SSSR count). The maximum Gasteiger partial charge on any atom is 0.190 e. The van der Waals surface area contributed by atoms with E-state index in [1.54, 1.807) is 0 Å². The fourth-order valence-corrected chi connectivity index (χ4v) is 2.42. The summed E-state index contributed by atoms with van der Waals surface area (Å²) >= 11 is 10.2. The van der Waals surface area contributed by atoms with E-state index in [0.29, 0.717) is 0 Å². The number of aryl methyl sites for hydroxylation is 4. The van der Waals surface area contributed by atoms with E-state index < -0.39 is 33.1 Å². The minimum Gasteiger partial charge on any atom is -0.869 e. The molecule has 0 aliphatic heterocycles. The van der Waals surface area contributed by atoms with E-state index in [9.17, 15) is 19.8 Å². The first-order valence-electron chi connectivity index (χ1n) is 8.17. The normalized spacial score (nSPS) is 13.5. The number of hydrogen-bond acceptors (Lipinski definition) is 4. The third-order valence-corrected chi connectivity index (χ3v) is 4.10. The van der Waals surface area contributed by atoms with Crippen molar-refractivity contribution in [3.8, 4) is 0 Å². The summed E-state index contributed by atoms with van der Waals surface area (Å²) in [5.74, 6) is -4.92. The van der Waals surface area contributed by atoms with Crippen molar-refractivity contribution < 1.29 is 29.8 Å². The van der Waals surface area contributed by atoms with Crippen LogP contribution < -0.4 is 20.2 Å². The van der Waals surface area contributed by atoms with Gasteiger partial charge in [-0.05, 0) is 36.5 Å². The number of pyridine rings is 2. The second-order valence-corrected chi connectivity index (χ2v) is 6.80. The highest BCUT2D eigenvalue weighted by atomic mass is 35.5. The molecular weight excluding hydrogens is 403 g/mol. The summed E-state index contributed by atoms with van der Waals surface area (Å²) in [6, 6.07) is 8.32. The van der Waals surface area contributed by atoms with Gasteiger partial charge in [-0.1, -0.05) is 23.2 Å². The number of nitrogens with one attached hydrogen (secondary N) is 2. The number of aromatic nitrogens is 2. The monoisotopic (exact) mass is 422 g/mol. The summed E-state index contributed by atoms with van der Waals surface area (Å²) in [7, 11) is 0. The average Bonchev–Trinajstić information content (AvgIpc) is 2.64. The second kappa shape index (κ2) is 10.6. The van der Waals surface area contributed by atoms with E-state index in [1.165, 1.54) is 22.5 Å². The fourth-order valence-electron chi connectivity index (χ4n) is 2.08. The molecule has 0 radical (unpaired) electrons. The van der Waals surface area contributed by atoms with Crippen molar-refractivity contribution >= 4 is 34.8 Å². The highest BCUT2D eigenvalue weighted by Gasteiger charge is 2.22. The predicted molar refractivity (Wildman–Crippen MR) is 101 cm³/mol. The summed E-state index contributed by atoms with van der Waals surface area (Å²) in [5, 5.41) is 19.6. The first-order chi connectivity index (χ1) is 13.0. The minimum atomic E-state index is -1.23. The zero-order chi connectivity index (χ0) is 21.4. The topological polar surface area (TPSA) is 109 Å². The van der Waals surface area contributed by atoms with Crippen molar-refractivity contribution in [1.82, 2.24) is 0 Å². The van der Waals surface area contributed by atoms with Gasteiger partial charge >= 0.3 is 0 Å². The second-order valence-electron chi connectivity index (χ2n) is 6.04. The number of ketones is 2. The van der Waals surface area contributed by atoms with Crippen LogP contribution in [0.1, 0.15) is 22.5 Å². The molecule has 148 valence electrons. The molecule has 0 saturated heterocycles. The molecule has 0 bridgehead atoms. The van der Waals surface area contributed by atoms with Gasteiger partial charge in [0.25, 0.3) is 0 Å². The molecule has 0 spiro atoms. The Balaban J connectivity index is 0.000000217. The number of rotatable bonds is 0. The molecule has 6 nitrogen and oxygen atoms in total. The van der Waals surface area contributed by atoms with Crippen LogP contribution in [0.25, 0.3) is 0 Å². The lowest BCUT2D eigenvalue weighted by atomic mass is 10.1. The van der Waals surface area contributed by atoms with Crippen LogP contribution in [-0.4, -0.2) is 11.6 Å². The zero-order valence-corrected chi connectivity index (χ0v) is 17.4. The molecule has 0 aromatic carbocycles. The number of hydrogen-bond donors (Lipinski definition) is 0. The number of carbonyl (C=O) groups is 2. The zero-order valence-electron chi connectivity index (χ0n) is 15.9. The van der Waals surface area contributed by atoms with Gasteiger partial charge in [0.2, 0.25) is 0 Å².